The first-order chi connectivity index (χ1) is 12.1. The molecule has 0 atom stereocenters. The summed E-state index contributed by atoms with van der Waals surface area (Å²) < 4.78 is 5.63. The van der Waals surface area contributed by atoms with E-state index in [1.54, 1.807) is 11.3 Å². The standard InChI is InChI=1S/C19H25N3O2S/c1-15-14-25-18(20-15)12-21(2)11-16-5-7-17(8-6-16)24-13-19(23)22-9-3-4-10-22/h5-8,14H,3-4,9-13H2,1-2H3. The Morgan fingerprint density at radius 1 is 1.24 bits per heavy atom. The second-order valence-corrected chi connectivity index (χ2v) is 7.52. The molecule has 1 saturated heterocycles. The number of hydrogen-bond donors (Lipinski definition) is 0. The van der Waals surface area contributed by atoms with Gasteiger partial charge in [-0.2, -0.15) is 0 Å². The summed E-state index contributed by atoms with van der Waals surface area (Å²) in [6, 6.07) is 7.99. The fourth-order valence-electron chi connectivity index (χ4n) is 2.97. The monoisotopic (exact) mass is 359 g/mol. The number of thiazole rings is 1. The third-order valence-corrected chi connectivity index (χ3v) is 5.22. The summed E-state index contributed by atoms with van der Waals surface area (Å²) in [7, 11) is 2.09. The molecule has 1 aliphatic rings. The highest BCUT2D eigenvalue weighted by atomic mass is 32.1. The highest BCUT2D eigenvalue weighted by Crippen LogP contribution is 2.16. The van der Waals surface area contributed by atoms with Crippen LogP contribution in [-0.2, 0) is 17.9 Å². The lowest BCUT2D eigenvalue weighted by molar-refractivity contribution is -0.132. The van der Waals surface area contributed by atoms with Crippen molar-refractivity contribution in [2.24, 2.45) is 0 Å². The Morgan fingerprint density at radius 2 is 1.96 bits per heavy atom. The number of hydrogen-bond acceptors (Lipinski definition) is 5. The van der Waals surface area contributed by atoms with E-state index in [4.69, 9.17) is 4.74 Å². The number of rotatable bonds is 7. The molecule has 0 N–H and O–H groups in total. The number of benzene rings is 1. The summed E-state index contributed by atoms with van der Waals surface area (Å²) in [5.41, 5.74) is 2.30. The van der Waals surface area contributed by atoms with E-state index in [9.17, 15) is 4.79 Å². The van der Waals surface area contributed by atoms with E-state index in [1.165, 1.54) is 5.56 Å². The third-order valence-electron chi connectivity index (χ3n) is 4.27. The van der Waals surface area contributed by atoms with Crippen LogP contribution in [0.25, 0.3) is 0 Å². The number of carbonyl (C=O) groups is 1. The number of ether oxygens (including phenoxy) is 1. The quantitative estimate of drug-likeness (QED) is 0.762. The fraction of sp³-hybridized carbons (Fsp3) is 0.474. The van der Waals surface area contributed by atoms with Crippen LogP contribution in [0.15, 0.2) is 29.6 Å². The van der Waals surface area contributed by atoms with Crippen LogP contribution in [0.4, 0.5) is 0 Å². The van der Waals surface area contributed by atoms with Gasteiger partial charge in [-0.1, -0.05) is 12.1 Å². The first-order valence-electron chi connectivity index (χ1n) is 8.69. The van der Waals surface area contributed by atoms with Crippen molar-refractivity contribution < 1.29 is 9.53 Å². The van der Waals surface area contributed by atoms with Crippen molar-refractivity contribution in [1.29, 1.82) is 0 Å². The van der Waals surface area contributed by atoms with Crippen LogP contribution in [0, 0.1) is 6.92 Å². The molecule has 0 saturated carbocycles. The molecule has 1 aromatic carbocycles. The minimum Gasteiger partial charge on any atom is -0.484 e. The molecule has 0 radical (unpaired) electrons. The molecule has 134 valence electrons. The number of carbonyl (C=O) groups excluding carboxylic acids is 1. The lowest BCUT2D eigenvalue weighted by atomic mass is 10.2. The summed E-state index contributed by atoms with van der Waals surface area (Å²) in [6.07, 6.45) is 2.21. The summed E-state index contributed by atoms with van der Waals surface area (Å²) in [5.74, 6) is 0.828. The molecule has 0 unspecified atom stereocenters. The average Bonchev–Trinajstić information content (AvgIpc) is 3.26. The Morgan fingerprint density at radius 3 is 2.60 bits per heavy atom. The smallest absolute Gasteiger partial charge is 0.260 e. The van der Waals surface area contributed by atoms with Crippen molar-refractivity contribution in [2.75, 3.05) is 26.7 Å². The van der Waals surface area contributed by atoms with Crippen molar-refractivity contribution in [3.8, 4) is 5.75 Å². The molecular weight excluding hydrogens is 334 g/mol. The number of aryl methyl sites for hydroxylation is 1. The van der Waals surface area contributed by atoms with Gasteiger partial charge in [-0.15, -0.1) is 11.3 Å². The van der Waals surface area contributed by atoms with Crippen molar-refractivity contribution in [3.63, 3.8) is 0 Å². The summed E-state index contributed by atoms with van der Waals surface area (Å²) in [6.45, 7) is 5.58. The van der Waals surface area contributed by atoms with Gasteiger partial charge in [0, 0.05) is 30.7 Å². The Bertz CT molecular complexity index is 693. The van der Waals surface area contributed by atoms with Gasteiger partial charge in [0.15, 0.2) is 6.61 Å². The molecule has 2 aromatic rings. The molecule has 25 heavy (non-hydrogen) atoms. The third kappa shape index (κ3) is 5.28. The minimum atomic E-state index is 0.0834. The molecule has 1 aromatic heterocycles. The van der Waals surface area contributed by atoms with Crippen molar-refractivity contribution in [1.82, 2.24) is 14.8 Å². The second kappa shape index (κ2) is 8.45. The predicted octanol–water partition coefficient (Wildman–Crippen LogP) is 3.08. The van der Waals surface area contributed by atoms with Gasteiger partial charge in [0.2, 0.25) is 0 Å². The molecule has 0 bridgehead atoms. The molecule has 3 rings (SSSR count). The Labute approximate surface area is 153 Å². The maximum atomic E-state index is 12.0. The Hall–Kier alpha value is -1.92. The van der Waals surface area contributed by atoms with Crippen LogP contribution in [0.1, 0.15) is 29.1 Å². The van der Waals surface area contributed by atoms with Crippen LogP contribution < -0.4 is 4.74 Å². The van der Waals surface area contributed by atoms with Gasteiger partial charge in [0.1, 0.15) is 10.8 Å². The summed E-state index contributed by atoms with van der Waals surface area (Å²) in [5, 5.41) is 3.22. The highest BCUT2D eigenvalue weighted by molar-refractivity contribution is 7.09. The van der Waals surface area contributed by atoms with Crippen LogP contribution in [0.5, 0.6) is 5.75 Å². The maximum absolute atomic E-state index is 12.0. The zero-order chi connectivity index (χ0) is 17.6. The van der Waals surface area contributed by atoms with Gasteiger partial charge in [-0.05, 0) is 44.5 Å². The average molecular weight is 359 g/mol. The first-order valence-corrected chi connectivity index (χ1v) is 9.57. The van der Waals surface area contributed by atoms with Crippen LogP contribution in [-0.4, -0.2) is 47.4 Å². The molecule has 0 spiro atoms. The van der Waals surface area contributed by atoms with E-state index < -0.39 is 0 Å². The molecular formula is C19H25N3O2S. The van der Waals surface area contributed by atoms with Crippen molar-refractivity contribution in [2.45, 2.75) is 32.9 Å². The van der Waals surface area contributed by atoms with E-state index in [1.807, 2.05) is 24.0 Å². The zero-order valence-corrected chi connectivity index (χ0v) is 15.7. The number of amides is 1. The van der Waals surface area contributed by atoms with Crippen molar-refractivity contribution >= 4 is 17.2 Å². The normalized spacial score (nSPS) is 14.3. The van der Waals surface area contributed by atoms with Gasteiger partial charge >= 0.3 is 0 Å². The molecule has 0 aliphatic carbocycles. The number of aromatic nitrogens is 1. The zero-order valence-electron chi connectivity index (χ0n) is 14.9. The summed E-state index contributed by atoms with van der Waals surface area (Å²) in [4.78, 5) is 20.6. The van der Waals surface area contributed by atoms with E-state index in [0.29, 0.717) is 0 Å². The minimum absolute atomic E-state index is 0.0834. The van der Waals surface area contributed by atoms with Gasteiger partial charge < -0.3 is 9.64 Å². The molecule has 1 amide bonds. The topological polar surface area (TPSA) is 45.7 Å². The lowest BCUT2D eigenvalue weighted by Gasteiger charge is -2.16. The van der Waals surface area contributed by atoms with E-state index in [2.05, 4.69) is 34.4 Å². The molecule has 5 nitrogen and oxygen atoms in total. The summed E-state index contributed by atoms with van der Waals surface area (Å²) >= 11 is 1.70. The molecule has 1 aliphatic heterocycles. The van der Waals surface area contributed by atoms with Crippen LogP contribution in [0.3, 0.4) is 0 Å². The Balaban J connectivity index is 1.45. The number of likely N-dealkylation sites (tertiary alicyclic amines) is 1. The highest BCUT2D eigenvalue weighted by Gasteiger charge is 2.18. The second-order valence-electron chi connectivity index (χ2n) is 6.58. The lowest BCUT2D eigenvalue weighted by Crippen LogP contribution is -2.32. The van der Waals surface area contributed by atoms with Gasteiger partial charge in [-0.25, -0.2) is 4.98 Å². The largest absolute Gasteiger partial charge is 0.484 e. The molecule has 6 heteroatoms. The SMILES string of the molecule is Cc1csc(CN(C)Cc2ccc(OCC(=O)N3CCCC3)cc2)n1. The van der Waals surface area contributed by atoms with Crippen LogP contribution in [0.2, 0.25) is 0 Å². The molecule has 1 fully saturated rings. The van der Waals surface area contributed by atoms with Gasteiger partial charge in [0.05, 0.1) is 6.54 Å². The van der Waals surface area contributed by atoms with Crippen LogP contribution >= 0.6 is 11.3 Å². The molecule has 2 heterocycles. The van der Waals surface area contributed by atoms with Gasteiger partial charge in [-0.3, -0.25) is 9.69 Å². The first kappa shape index (κ1) is 17.9. The predicted molar refractivity (Wildman–Crippen MR) is 99.8 cm³/mol. The fourth-order valence-corrected chi connectivity index (χ4v) is 3.82. The number of nitrogens with zero attached hydrogens (tertiary/aromatic N) is 3. The van der Waals surface area contributed by atoms with E-state index >= 15 is 0 Å². The van der Waals surface area contributed by atoms with E-state index in [0.717, 1.165) is 55.5 Å². The maximum Gasteiger partial charge on any atom is 0.260 e. The Kier molecular flexibility index (Phi) is 6.04. The van der Waals surface area contributed by atoms with E-state index in [-0.39, 0.29) is 12.5 Å². The van der Waals surface area contributed by atoms with Gasteiger partial charge in [0.25, 0.3) is 5.91 Å². The van der Waals surface area contributed by atoms with Crippen molar-refractivity contribution in [3.05, 3.63) is 45.9 Å².